The number of amides is 2. The standard InChI is InChI=1S/C34H47Cl2N3O7/c1-22-21-25(39(19-17-35)20-18-36)11-15-28(22)44-26-12-9-24(10-13-26)31(42)37-23(2)30(41)38-27(32(43)46-34(6,7)8)14-16-29(40)45-33(3,4)5/h9-13,15,21,23,27H,14,16-20H2,1-8H3,(H,37,42)(H,38,41)/t23-,27-/m0/s1. The molecule has 0 unspecified atom stereocenters. The highest BCUT2D eigenvalue weighted by Gasteiger charge is 2.30. The van der Waals surface area contributed by atoms with Gasteiger partial charge in [0.25, 0.3) is 5.91 Å². The molecule has 2 amide bonds. The number of carbonyl (C=O) groups is 4. The number of halogens is 2. The summed E-state index contributed by atoms with van der Waals surface area (Å²) in [4.78, 5) is 53.1. The molecule has 46 heavy (non-hydrogen) atoms. The second-order valence-electron chi connectivity index (χ2n) is 12.9. The van der Waals surface area contributed by atoms with Gasteiger partial charge in [-0.05, 0) is 110 Å². The normalized spacial score (nSPS) is 12.8. The number of carbonyl (C=O) groups excluding carboxylic acids is 4. The van der Waals surface area contributed by atoms with Gasteiger partial charge in [0.05, 0.1) is 0 Å². The summed E-state index contributed by atoms with van der Waals surface area (Å²) >= 11 is 11.9. The van der Waals surface area contributed by atoms with E-state index in [2.05, 4.69) is 15.5 Å². The molecular formula is C34H47Cl2N3O7. The van der Waals surface area contributed by atoms with Crippen LogP contribution in [0.15, 0.2) is 42.5 Å². The fraction of sp³-hybridized carbons (Fsp3) is 0.529. The van der Waals surface area contributed by atoms with E-state index in [1.807, 2.05) is 25.1 Å². The lowest BCUT2D eigenvalue weighted by atomic mass is 10.1. The fourth-order valence-corrected chi connectivity index (χ4v) is 4.65. The number of nitrogens with one attached hydrogen (secondary N) is 2. The van der Waals surface area contributed by atoms with Crippen LogP contribution < -0.4 is 20.3 Å². The summed E-state index contributed by atoms with van der Waals surface area (Å²) in [5.41, 5.74) is 0.734. The van der Waals surface area contributed by atoms with E-state index in [0.29, 0.717) is 41.9 Å². The fourth-order valence-electron chi connectivity index (χ4n) is 4.24. The van der Waals surface area contributed by atoms with Crippen LogP contribution in [0.2, 0.25) is 0 Å². The van der Waals surface area contributed by atoms with Crippen molar-refractivity contribution >= 4 is 52.6 Å². The van der Waals surface area contributed by atoms with Crippen molar-refractivity contribution in [3.05, 3.63) is 53.6 Å². The number of aryl methyl sites for hydroxylation is 1. The predicted molar refractivity (Wildman–Crippen MR) is 181 cm³/mol. The average Bonchev–Trinajstić information content (AvgIpc) is 2.94. The van der Waals surface area contributed by atoms with E-state index in [-0.39, 0.29) is 12.8 Å². The van der Waals surface area contributed by atoms with Gasteiger partial charge in [0.2, 0.25) is 5.91 Å². The Hall–Kier alpha value is -3.50. The summed E-state index contributed by atoms with van der Waals surface area (Å²) in [6, 6.07) is 10.2. The van der Waals surface area contributed by atoms with Crippen LogP contribution in [0.5, 0.6) is 11.5 Å². The third-order valence-electron chi connectivity index (χ3n) is 6.38. The first kappa shape index (κ1) is 38.7. The molecule has 0 spiro atoms. The molecule has 0 saturated heterocycles. The van der Waals surface area contributed by atoms with Gasteiger partial charge < -0.3 is 29.7 Å². The van der Waals surface area contributed by atoms with Crippen molar-refractivity contribution in [1.82, 2.24) is 10.6 Å². The van der Waals surface area contributed by atoms with E-state index >= 15 is 0 Å². The molecule has 0 aromatic heterocycles. The topological polar surface area (TPSA) is 123 Å². The van der Waals surface area contributed by atoms with Gasteiger partial charge in [-0.15, -0.1) is 23.2 Å². The maximum atomic E-state index is 13.0. The third kappa shape index (κ3) is 13.5. The summed E-state index contributed by atoms with van der Waals surface area (Å²) in [6.07, 6.45) is -0.139. The largest absolute Gasteiger partial charge is 0.460 e. The van der Waals surface area contributed by atoms with Crippen molar-refractivity contribution in [3.8, 4) is 11.5 Å². The minimum atomic E-state index is -1.11. The minimum absolute atomic E-state index is 0.0288. The molecule has 2 aromatic rings. The Kier molecular flexibility index (Phi) is 14.7. The lowest BCUT2D eigenvalue weighted by Gasteiger charge is -2.26. The zero-order valence-corrected chi connectivity index (χ0v) is 29.5. The van der Waals surface area contributed by atoms with Crippen LogP contribution in [0.25, 0.3) is 0 Å². The average molecular weight is 681 g/mol. The molecule has 2 N–H and O–H groups in total. The summed E-state index contributed by atoms with van der Waals surface area (Å²) in [5.74, 6) is -0.131. The monoisotopic (exact) mass is 679 g/mol. The van der Waals surface area contributed by atoms with E-state index in [9.17, 15) is 19.2 Å². The molecule has 0 aliphatic rings. The van der Waals surface area contributed by atoms with Gasteiger partial charge in [-0.1, -0.05) is 0 Å². The van der Waals surface area contributed by atoms with E-state index in [0.717, 1.165) is 11.3 Å². The minimum Gasteiger partial charge on any atom is -0.460 e. The van der Waals surface area contributed by atoms with E-state index < -0.39 is 47.0 Å². The van der Waals surface area contributed by atoms with Crippen molar-refractivity contribution in [1.29, 1.82) is 0 Å². The number of rotatable bonds is 15. The Bertz CT molecular complexity index is 1330. The second kappa shape index (κ2) is 17.4. The molecule has 254 valence electrons. The Balaban J connectivity index is 2.03. The van der Waals surface area contributed by atoms with Gasteiger partial charge in [0.15, 0.2) is 0 Å². The van der Waals surface area contributed by atoms with Crippen LogP contribution in [-0.4, -0.2) is 71.9 Å². The molecule has 2 atom stereocenters. The molecule has 10 nitrogen and oxygen atoms in total. The number of hydrogen-bond acceptors (Lipinski definition) is 8. The zero-order valence-electron chi connectivity index (χ0n) is 28.0. The molecule has 0 fully saturated rings. The molecular weight excluding hydrogens is 633 g/mol. The Morgan fingerprint density at radius 1 is 0.848 bits per heavy atom. The Morgan fingerprint density at radius 3 is 1.96 bits per heavy atom. The Morgan fingerprint density at radius 2 is 1.43 bits per heavy atom. The van der Waals surface area contributed by atoms with Crippen molar-refractivity contribution in [2.24, 2.45) is 0 Å². The smallest absolute Gasteiger partial charge is 0.329 e. The molecule has 0 radical (unpaired) electrons. The number of alkyl halides is 2. The van der Waals surface area contributed by atoms with Crippen LogP contribution in [0.4, 0.5) is 5.69 Å². The summed E-state index contributed by atoms with van der Waals surface area (Å²) in [6.45, 7) is 15.1. The van der Waals surface area contributed by atoms with Crippen molar-refractivity contribution in [2.75, 3.05) is 29.7 Å². The molecule has 0 saturated carbocycles. The van der Waals surface area contributed by atoms with Gasteiger partial charge in [0.1, 0.15) is 34.8 Å². The highest BCUT2D eigenvalue weighted by atomic mass is 35.5. The molecule has 0 aliphatic heterocycles. The SMILES string of the molecule is Cc1cc(N(CCCl)CCCl)ccc1Oc1ccc(C(=O)N[C@@H](C)C(=O)N[C@@H](CCC(=O)OC(C)(C)C)C(=O)OC(C)(C)C)cc1. The van der Waals surface area contributed by atoms with Gasteiger partial charge in [0, 0.05) is 42.5 Å². The van der Waals surface area contributed by atoms with Gasteiger partial charge in [-0.25, -0.2) is 4.79 Å². The first-order valence-corrected chi connectivity index (χ1v) is 16.3. The quantitative estimate of drug-likeness (QED) is 0.170. The van der Waals surface area contributed by atoms with Crippen molar-refractivity contribution < 1.29 is 33.4 Å². The highest BCUT2D eigenvalue weighted by Crippen LogP contribution is 2.29. The third-order valence-corrected chi connectivity index (χ3v) is 6.72. The molecule has 0 aliphatic carbocycles. The maximum Gasteiger partial charge on any atom is 0.329 e. The zero-order chi connectivity index (χ0) is 34.7. The van der Waals surface area contributed by atoms with Crippen LogP contribution in [0, 0.1) is 6.92 Å². The molecule has 0 heterocycles. The lowest BCUT2D eigenvalue weighted by Crippen LogP contribution is -2.51. The first-order valence-electron chi connectivity index (χ1n) is 15.2. The van der Waals surface area contributed by atoms with Gasteiger partial charge >= 0.3 is 11.9 Å². The Labute approximate surface area is 282 Å². The maximum absolute atomic E-state index is 13.0. The highest BCUT2D eigenvalue weighted by molar-refractivity contribution is 6.18. The van der Waals surface area contributed by atoms with Crippen LogP contribution in [0.1, 0.15) is 77.2 Å². The molecule has 2 aromatic carbocycles. The number of hydrogen-bond donors (Lipinski definition) is 2. The number of nitrogens with zero attached hydrogens (tertiary/aromatic N) is 1. The number of ether oxygens (including phenoxy) is 3. The second-order valence-corrected chi connectivity index (χ2v) is 13.6. The summed E-state index contributed by atoms with van der Waals surface area (Å²) in [5, 5.41) is 5.25. The lowest BCUT2D eigenvalue weighted by molar-refractivity contribution is -0.160. The number of esters is 2. The van der Waals surface area contributed by atoms with Crippen LogP contribution in [-0.2, 0) is 23.9 Å². The van der Waals surface area contributed by atoms with E-state index in [1.54, 1.807) is 65.8 Å². The van der Waals surface area contributed by atoms with E-state index in [4.69, 9.17) is 37.4 Å². The molecule has 12 heteroatoms. The number of anilines is 1. The van der Waals surface area contributed by atoms with Crippen molar-refractivity contribution in [2.45, 2.75) is 91.5 Å². The summed E-state index contributed by atoms with van der Waals surface area (Å²) in [7, 11) is 0. The number of benzene rings is 2. The predicted octanol–water partition coefficient (Wildman–Crippen LogP) is 6.14. The first-order chi connectivity index (χ1) is 21.4. The van der Waals surface area contributed by atoms with Crippen LogP contribution in [0.3, 0.4) is 0 Å². The summed E-state index contributed by atoms with van der Waals surface area (Å²) < 4.78 is 16.8. The van der Waals surface area contributed by atoms with Gasteiger partial charge in [-0.2, -0.15) is 0 Å². The molecule has 2 rings (SSSR count). The molecule has 0 bridgehead atoms. The van der Waals surface area contributed by atoms with Gasteiger partial charge in [-0.3, -0.25) is 14.4 Å². The van der Waals surface area contributed by atoms with E-state index in [1.165, 1.54) is 6.92 Å². The van der Waals surface area contributed by atoms with Crippen LogP contribution >= 0.6 is 23.2 Å². The van der Waals surface area contributed by atoms with Crippen molar-refractivity contribution in [3.63, 3.8) is 0 Å².